The minimum atomic E-state index is -1.66. The van der Waals surface area contributed by atoms with Crippen molar-refractivity contribution in [2.75, 3.05) is 19.6 Å². The molecule has 0 aromatic heterocycles. The second kappa shape index (κ2) is 27.5. The van der Waals surface area contributed by atoms with E-state index in [0.717, 1.165) is 0 Å². The van der Waals surface area contributed by atoms with Crippen LogP contribution in [0.3, 0.4) is 0 Å². The number of nitrogens with zero attached hydrogens (tertiary/aromatic N) is 1. The Bertz CT molecular complexity index is 2070. The molecule has 2 aliphatic rings. The fourth-order valence-corrected chi connectivity index (χ4v) is 8.26. The van der Waals surface area contributed by atoms with Gasteiger partial charge in [0.2, 0.25) is 47.3 Å². The molecule has 1 aliphatic heterocycles. The van der Waals surface area contributed by atoms with Gasteiger partial charge in [-0.25, -0.2) is 0 Å². The number of rotatable bonds is 20. The molecule has 0 radical (unpaired) electrons. The summed E-state index contributed by atoms with van der Waals surface area (Å²) in [6.45, 7) is 5.77. The molecule has 380 valence electrons. The number of aromatic hydroxyl groups is 1. The number of primary amides is 3. The second-order valence-corrected chi connectivity index (χ2v) is 18.9. The number of Topliss-reactive ketones (excluding diaryl/α,β-unsaturated/α-hetero) is 4. The number of phenolic OH excluding ortho intramolecular Hbond substituents is 1. The Balaban J connectivity index is 2.05. The van der Waals surface area contributed by atoms with Crippen LogP contribution in [0, 0.1) is 35.5 Å². The van der Waals surface area contributed by atoms with Crippen LogP contribution in [0.2, 0.25) is 0 Å². The quantitative estimate of drug-likeness (QED) is 0.0851. The normalized spacial score (nSPS) is 22.3. The lowest BCUT2D eigenvalue weighted by Crippen LogP contribution is -2.51. The highest BCUT2D eigenvalue weighted by molar-refractivity contribution is 5.99. The number of phenols is 1. The van der Waals surface area contributed by atoms with Crippen LogP contribution in [-0.4, -0.2) is 118 Å². The van der Waals surface area contributed by atoms with Crippen LogP contribution in [0.5, 0.6) is 5.75 Å². The molecule has 0 unspecified atom stereocenters. The fraction of sp³-hybridized carbons (Fsp3) is 0.625. The second-order valence-electron chi connectivity index (χ2n) is 18.9. The van der Waals surface area contributed by atoms with Crippen LogP contribution in [0.15, 0.2) is 24.3 Å². The van der Waals surface area contributed by atoms with Gasteiger partial charge < -0.3 is 48.5 Å². The summed E-state index contributed by atoms with van der Waals surface area (Å²) in [6, 6.07) is 2.69. The Morgan fingerprint density at radius 3 is 2.04 bits per heavy atom. The van der Waals surface area contributed by atoms with Gasteiger partial charge in [0.25, 0.3) is 0 Å². The number of carbonyl (C=O) groups excluding carboxylic acids is 12. The molecule has 1 saturated heterocycles. The summed E-state index contributed by atoms with van der Waals surface area (Å²) in [6.07, 6.45) is -2.32. The van der Waals surface area contributed by atoms with E-state index in [0.29, 0.717) is 24.8 Å². The largest absolute Gasteiger partial charge is 0.508 e. The molecule has 1 heterocycles. The van der Waals surface area contributed by atoms with Crippen molar-refractivity contribution in [3.63, 3.8) is 0 Å². The molecule has 1 aromatic rings. The first-order valence-corrected chi connectivity index (χ1v) is 23.6. The SMILES string of the molecule is CC[C@H](C)[C@@H]1NC(=O)[C@H](Cc2ccc(O)cc2)CC(=O)CCC(=O)NC[C@@H](C(=O)N(CC(=O)C[C@@H](CC(C)C)C(=O)NCC(N)=O)C2CC2)CC(=O)[C@H](CC(N)=O)NC(=O)[C@H](CCC(N)=O)CC1=O. The number of nitrogens with two attached hydrogens (primary N) is 3. The van der Waals surface area contributed by atoms with Crippen molar-refractivity contribution in [3.05, 3.63) is 29.8 Å². The molecule has 11 N–H and O–H groups in total. The van der Waals surface area contributed by atoms with Crippen LogP contribution in [-0.2, 0) is 64.0 Å². The van der Waals surface area contributed by atoms with Crippen LogP contribution >= 0.6 is 0 Å². The molecular formula is C48H70N8O13. The molecule has 0 bridgehead atoms. The van der Waals surface area contributed by atoms with Gasteiger partial charge in [-0.2, -0.15) is 0 Å². The Labute approximate surface area is 401 Å². The predicted octanol–water partition coefficient (Wildman–Crippen LogP) is -0.0585. The number of nitrogens with one attached hydrogen (secondary N) is 4. The minimum absolute atomic E-state index is 0.00898. The van der Waals surface area contributed by atoms with Crippen molar-refractivity contribution in [2.45, 2.75) is 136 Å². The molecule has 8 amide bonds. The third kappa shape index (κ3) is 19.9. The summed E-state index contributed by atoms with van der Waals surface area (Å²) < 4.78 is 0. The van der Waals surface area contributed by atoms with E-state index in [2.05, 4.69) is 21.3 Å². The van der Waals surface area contributed by atoms with Gasteiger partial charge in [0, 0.05) is 75.3 Å². The standard InChI is InChI=1S/C48H70N8O13/c1-5-27(4)44-39(61)20-29(8-14-40(49)62)46(67)54-37(22-41(50)63)38(60)21-32(23-52-43(65)15-13-35(58)18-31(47(68)55-44)17-28-6-11-34(57)12-7-28)48(69)56(33-9-10-33)25-36(59)19-30(16-26(2)3)45(66)53-24-42(51)64/h6-7,11-12,26-27,29-33,37,44,57H,5,8-10,13-25H2,1-4H3,(H2,49,62)(H2,50,63)(H2,51,64)(H,52,65)(H,53,66)(H,54,67)(H,55,68)/t27-,29+,30+,31+,32-,37-,44-/m0/s1. The highest BCUT2D eigenvalue weighted by atomic mass is 16.3. The Hall–Kier alpha value is -6.54. The van der Waals surface area contributed by atoms with Crippen molar-refractivity contribution in [1.82, 2.24) is 26.2 Å². The van der Waals surface area contributed by atoms with E-state index in [-0.39, 0.29) is 63.0 Å². The fourth-order valence-electron chi connectivity index (χ4n) is 8.26. The van der Waals surface area contributed by atoms with Gasteiger partial charge in [0.1, 0.15) is 11.5 Å². The molecule has 2 fully saturated rings. The lowest BCUT2D eigenvalue weighted by atomic mass is 9.86. The number of amides is 8. The maximum atomic E-state index is 14.5. The molecule has 21 heteroatoms. The van der Waals surface area contributed by atoms with E-state index >= 15 is 0 Å². The zero-order valence-electron chi connectivity index (χ0n) is 40.1. The van der Waals surface area contributed by atoms with Gasteiger partial charge >= 0.3 is 0 Å². The number of carbonyl (C=O) groups is 12. The summed E-state index contributed by atoms with van der Waals surface area (Å²) in [5, 5.41) is 20.1. The maximum Gasteiger partial charge on any atom is 0.236 e. The van der Waals surface area contributed by atoms with E-state index in [1.165, 1.54) is 17.0 Å². The summed E-state index contributed by atoms with van der Waals surface area (Å²) >= 11 is 0. The number of hydrogen-bond donors (Lipinski definition) is 8. The summed E-state index contributed by atoms with van der Waals surface area (Å²) in [5.74, 6) is -13.8. The average Bonchev–Trinajstić information content (AvgIpc) is 4.13. The summed E-state index contributed by atoms with van der Waals surface area (Å²) in [7, 11) is 0. The number of ketones is 4. The van der Waals surface area contributed by atoms with E-state index in [1.807, 2.05) is 13.8 Å². The molecule has 69 heavy (non-hydrogen) atoms. The Kier molecular flexibility index (Phi) is 22.6. The summed E-state index contributed by atoms with van der Waals surface area (Å²) in [4.78, 5) is 162. The molecule has 1 aliphatic carbocycles. The van der Waals surface area contributed by atoms with Crippen molar-refractivity contribution in [2.24, 2.45) is 52.7 Å². The number of benzene rings is 1. The van der Waals surface area contributed by atoms with Gasteiger partial charge in [0.15, 0.2) is 17.3 Å². The average molecular weight is 967 g/mol. The Morgan fingerprint density at radius 2 is 1.46 bits per heavy atom. The molecule has 0 spiro atoms. The van der Waals surface area contributed by atoms with E-state index in [9.17, 15) is 62.6 Å². The van der Waals surface area contributed by atoms with Crippen LogP contribution in [0.25, 0.3) is 0 Å². The molecule has 21 nitrogen and oxygen atoms in total. The lowest BCUT2D eigenvalue weighted by molar-refractivity contribution is -0.142. The van der Waals surface area contributed by atoms with E-state index < -0.39 is 157 Å². The smallest absolute Gasteiger partial charge is 0.236 e. The van der Waals surface area contributed by atoms with Gasteiger partial charge in [-0.3, -0.25) is 57.5 Å². The first kappa shape index (κ1) is 56.8. The molecule has 1 saturated carbocycles. The topological polar surface area (TPSA) is 354 Å². The highest BCUT2D eigenvalue weighted by Gasteiger charge is 2.40. The summed E-state index contributed by atoms with van der Waals surface area (Å²) in [5.41, 5.74) is 16.7. The maximum absolute atomic E-state index is 14.5. The zero-order chi connectivity index (χ0) is 51.5. The Morgan fingerprint density at radius 1 is 0.812 bits per heavy atom. The third-order valence-electron chi connectivity index (χ3n) is 12.4. The van der Waals surface area contributed by atoms with Gasteiger partial charge in [0.05, 0.1) is 37.5 Å². The van der Waals surface area contributed by atoms with Crippen LogP contribution in [0.4, 0.5) is 0 Å². The zero-order valence-corrected chi connectivity index (χ0v) is 40.1. The predicted molar refractivity (Wildman–Crippen MR) is 248 cm³/mol. The van der Waals surface area contributed by atoms with E-state index in [1.54, 1.807) is 26.0 Å². The first-order valence-electron chi connectivity index (χ1n) is 23.6. The van der Waals surface area contributed by atoms with Crippen molar-refractivity contribution in [1.29, 1.82) is 0 Å². The minimum Gasteiger partial charge on any atom is -0.508 e. The molecule has 7 atom stereocenters. The van der Waals surface area contributed by atoms with Crippen LogP contribution < -0.4 is 38.5 Å². The first-order chi connectivity index (χ1) is 32.5. The highest BCUT2D eigenvalue weighted by Crippen LogP contribution is 2.30. The van der Waals surface area contributed by atoms with Crippen LogP contribution in [0.1, 0.15) is 117 Å². The molecule has 1 aromatic carbocycles. The monoisotopic (exact) mass is 967 g/mol. The van der Waals surface area contributed by atoms with Crippen molar-refractivity contribution >= 4 is 70.4 Å². The number of hydrogen-bond acceptors (Lipinski definition) is 13. The third-order valence-corrected chi connectivity index (χ3v) is 12.4. The van der Waals surface area contributed by atoms with Gasteiger partial charge in [-0.15, -0.1) is 0 Å². The molecular weight excluding hydrogens is 897 g/mol. The van der Waals surface area contributed by atoms with Gasteiger partial charge in [-0.05, 0) is 61.6 Å². The lowest BCUT2D eigenvalue weighted by Gasteiger charge is -2.29. The van der Waals surface area contributed by atoms with Gasteiger partial charge in [-0.1, -0.05) is 46.2 Å². The van der Waals surface area contributed by atoms with Crippen molar-refractivity contribution < 1.29 is 62.6 Å². The van der Waals surface area contributed by atoms with Crippen molar-refractivity contribution in [3.8, 4) is 5.75 Å². The molecule has 3 rings (SSSR count). The van der Waals surface area contributed by atoms with E-state index in [4.69, 9.17) is 17.2 Å².